The molecule has 3 amide bonds. The third-order valence-corrected chi connectivity index (χ3v) is 3.60. The second-order valence-electron chi connectivity index (χ2n) is 7.58. The maximum atomic E-state index is 12.3. The van der Waals surface area contributed by atoms with Crippen LogP contribution in [0.15, 0.2) is 0 Å². The van der Waals surface area contributed by atoms with Gasteiger partial charge in [0, 0.05) is 37.9 Å². The van der Waals surface area contributed by atoms with Gasteiger partial charge < -0.3 is 16.0 Å². The lowest BCUT2D eigenvalue weighted by Gasteiger charge is -2.33. The van der Waals surface area contributed by atoms with E-state index in [0.29, 0.717) is 6.42 Å². The summed E-state index contributed by atoms with van der Waals surface area (Å²) >= 11 is 0. The molecule has 0 saturated heterocycles. The first-order valence-electron chi connectivity index (χ1n) is 8.24. The van der Waals surface area contributed by atoms with Gasteiger partial charge in [0.2, 0.25) is 17.7 Å². The van der Waals surface area contributed by atoms with Crippen LogP contribution in [0, 0.1) is 5.41 Å². The highest BCUT2D eigenvalue weighted by Crippen LogP contribution is 2.35. The van der Waals surface area contributed by atoms with Crippen LogP contribution in [0.25, 0.3) is 0 Å². The highest BCUT2D eigenvalue weighted by Gasteiger charge is 2.36. The molecule has 0 radical (unpaired) electrons. The van der Waals surface area contributed by atoms with E-state index in [1.807, 2.05) is 41.5 Å². The minimum Gasteiger partial charge on any atom is -0.359 e. The summed E-state index contributed by atoms with van der Waals surface area (Å²) in [5, 5.41) is 8.34. The molecule has 0 aromatic heterocycles. The molecule has 6 nitrogen and oxygen atoms in total. The van der Waals surface area contributed by atoms with Crippen LogP contribution >= 0.6 is 0 Å². The largest absolute Gasteiger partial charge is 0.359 e. The van der Waals surface area contributed by atoms with E-state index in [1.54, 1.807) is 7.05 Å². The van der Waals surface area contributed by atoms with Crippen molar-refractivity contribution in [2.24, 2.45) is 5.41 Å². The molecule has 134 valence electrons. The molecule has 23 heavy (non-hydrogen) atoms. The lowest BCUT2D eigenvalue weighted by Crippen LogP contribution is -2.45. The van der Waals surface area contributed by atoms with Crippen LogP contribution < -0.4 is 16.0 Å². The van der Waals surface area contributed by atoms with Crippen LogP contribution in [-0.4, -0.2) is 36.3 Å². The van der Waals surface area contributed by atoms with E-state index < -0.39 is 5.41 Å². The van der Waals surface area contributed by atoms with E-state index in [9.17, 15) is 14.4 Å². The summed E-state index contributed by atoms with van der Waals surface area (Å²) in [6, 6.07) is 0.0282. The summed E-state index contributed by atoms with van der Waals surface area (Å²) in [7, 11) is 1.56. The van der Waals surface area contributed by atoms with Gasteiger partial charge in [0.15, 0.2) is 0 Å². The molecule has 0 heterocycles. The van der Waals surface area contributed by atoms with Gasteiger partial charge in [-0.1, -0.05) is 6.92 Å². The van der Waals surface area contributed by atoms with Crippen molar-refractivity contribution >= 4 is 17.7 Å². The fourth-order valence-corrected chi connectivity index (χ4v) is 2.51. The Morgan fingerprint density at radius 3 is 1.78 bits per heavy atom. The fraction of sp³-hybridized carbons (Fsp3) is 0.824. The lowest BCUT2D eigenvalue weighted by atomic mass is 9.74. The van der Waals surface area contributed by atoms with Crippen LogP contribution in [-0.2, 0) is 14.4 Å². The second kappa shape index (κ2) is 8.89. The Kier molecular flexibility index (Phi) is 8.28. The summed E-state index contributed by atoms with van der Waals surface area (Å²) in [5.74, 6) is -0.428. The van der Waals surface area contributed by atoms with Crippen molar-refractivity contribution in [2.45, 2.75) is 78.8 Å². The van der Waals surface area contributed by atoms with Crippen molar-refractivity contribution in [1.29, 1.82) is 0 Å². The van der Waals surface area contributed by atoms with E-state index in [4.69, 9.17) is 0 Å². The number of carbonyl (C=O) groups is 3. The van der Waals surface area contributed by atoms with E-state index in [-0.39, 0.29) is 48.6 Å². The van der Waals surface area contributed by atoms with E-state index >= 15 is 0 Å². The van der Waals surface area contributed by atoms with E-state index in [0.717, 1.165) is 0 Å². The zero-order valence-electron chi connectivity index (χ0n) is 15.6. The van der Waals surface area contributed by atoms with Crippen molar-refractivity contribution in [3.05, 3.63) is 0 Å². The third kappa shape index (κ3) is 9.21. The monoisotopic (exact) mass is 327 g/mol. The molecule has 3 N–H and O–H groups in total. The Labute approximate surface area is 140 Å². The second-order valence-corrected chi connectivity index (χ2v) is 7.58. The zero-order valence-corrected chi connectivity index (χ0v) is 15.6. The molecule has 0 aliphatic rings. The molecule has 0 fully saturated rings. The Balaban J connectivity index is 5.21. The molecule has 0 saturated carbocycles. The summed E-state index contributed by atoms with van der Waals surface area (Å²) in [6.45, 7) is 11.4. The smallest absolute Gasteiger partial charge is 0.220 e. The molecular formula is C17H33N3O3. The van der Waals surface area contributed by atoms with Crippen LogP contribution in [0.3, 0.4) is 0 Å². The molecule has 0 spiro atoms. The van der Waals surface area contributed by atoms with Crippen molar-refractivity contribution in [1.82, 2.24) is 16.0 Å². The predicted octanol–water partition coefficient (Wildman–Crippen LogP) is 1.74. The van der Waals surface area contributed by atoms with Gasteiger partial charge in [0.05, 0.1) is 0 Å². The number of carbonyl (C=O) groups excluding carboxylic acids is 3. The predicted molar refractivity (Wildman–Crippen MR) is 91.8 cm³/mol. The maximum absolute atomic E-state index is 12.3. The molecule has 1 unspecified atom stereocenters. The topological polar surface area (TPSA) is 87.3 Å². The SMILES string of the molecule is CCC(CC(=O)NC)(CC(=O)NC(C)C)CC(=O)NC(C)(C)C. The van der Waals surface area contributed by atoms with Gasteiger partial charge >= 0.3 is 0 Å². The van der Waals surface area contributed by atoms with E-state index in [2.05, 4.69) is 16.0 Å². The highest BCUT2D eigenvalue weighted by atomic mass is 16.2. The maximum Gasteiger partial charge on any atom is 0.220 e. The molecule has 0 aromatic carbocycles. The standard InChI is InChI=1S/C17H33N3O3/c1-8-17(9-13(21)18-7,10-14(22)19-12(2)3)11-15(23)20-16(4,5)6/h12H,8-11H2,1-7H3,(H,18,21)(H,19,22)(H,20,23). The Hall–Kier alpha value is -1.59. The highest BCUT2D eigenvalue weighted by molar-refractivity contribution is 5.83. The Bertz CT molecular complexity index is 427. The van der Waals surface area contributed by atoms with Gasteiger partial charge in [-0.2, -0.15) is 0 Å². The average molecular weight is 327 g/mol. The van der Waals surface area contributed by atoms with Crippen molar-refractivity contribution < 1.29 is 14.4 Å². The van der Waals surface area contributed by atoms with Gasteiger partial charge in [-0.05, 0) is 46.5 Å². The normalized spacial score (nSPS) is 14.1. The molecule has 1 atom stereocenters. The van der Waals surface area contributed by atoms with Crippen molar-refractivity contribution in [2.75, 3.05) is 7.05 Å². The Morgan fingerprint density at radius 1 is 0.913 bits per heavy atom. The number of hydrogen-bond acceptors (Lipinski definition) is 3. The first-order valence-corrected chi connectivity index (χ1v) is 8.24. The molecule has 0 aromatic rings. The summed E-state index contributed by atoms with van der Waals surface area (Å²) in [6.07, 6.45) is 1.04. The first kappa shape index (κ1) is 21.4. The number of rotatable bonds is 8. The van der Waals surface area contributed by atoms with Gasteiger partial charge in [0.1, 0.15) is 0 Å². The molecule has 0 rings (SSSR count). The Morgan fingerprint density at radius 2 is 1.39 bits per heavy atom. The minimum absolute atomic E-state index is 0.0282. The minimum atomic E-state index is -0.672. The van der Waals surface area contributed by atoms with E-state index in [1.165, 1.54) is 0 Å². The van der Waals surface area contributed by atoms with Crippen LogP contribution in [0.1, 0.15) is 67.2 Å². The van der Waals surface area contributed by atoms with Gasteiger partial charge in [-0.25, -0.2) is 0 Å². The summed E-state index contributed by atoms with van der Waals surface area (Å²) in [4.78, 5) is 36.4. The summed E-state index contributed by atoms with van der Waals surface area (Å²) < 4.78 is 0. The zero-order chi connectivity index (χ0) is 18.3. The molecule has 6 heteroatoms. The molecule has 0 aliphatic carbocycles. The van der Waals surface area contributed by atoms with Crippen molar-refractivity contribution in [3.63, 3.8) is 0 Å². The molecular weight excluding hydrogens is 294 g/mol. The average Bonchev–Trinajstić information content (AvgIpc) is 2.34. The quantitative estimate of drug-likeness (QED) is 0.634. The first-order chi connectivity index (χ1) is 10.4. The van der Waals surface area contributed by atoms with Crippen molar-refractivity contribution in [3.8, 4) is 0 Å². The van der Waals surface area contributed by atoms with Crippen LogP contribution in [0.5, 0.6) is 0 Å². The molecule has 0 bridgehead atoms. The van der Waals surface area contributed by atoms with Crippen LogP contribution in [0.4, 0.5) is 0 Å². The number of amides is 3. The lowest BCUT2D eigenvalue weighted by molar-refractivity contribution is -0.130. The molecule has 0 aliphatic heterocycles. The van der Waals surface area contributed by atoms with Gasteiger partial charge in [0.25, 0.3) is 0 Å². The van der Waals surface area contributed by atoms with Gasteiger partial charge in [-0.15, -0.1) is 0 Å². The number of hydrogen-bond donors (Lipinski definition) is 3. The summed E-state index contributed by atoms with van der Waals surface area (Å²) in [5.41, 5.74) is -1.02. The fourth-order valence-electron chi connectivity index (χ4n) is 2.51. The van der Waals surface area contributed by atoms with Gasteiger partial charge in [-0.3, -0.25) is 14.4 Å². The van der Waals surface area contributed by atoms with Crippen LogP contribution in [0.2, 0.25) is 0 Å². The number of nitrogens with one attached hydrogen (secondary N) is 3. The third-order valence-electron chi connectivity index (χ3n) is 3.60.